The summed E-state index contributed by atoms with van der Waals surface area (Å²) < 4.78 is 44.9. The number of halogens is 3. The molecule has 0 aliphatic rings. The van der Waals surface area contributed by atoms with E-state index in [-0.39, 0.29) is 16.9 Å². The minimum absolute atomic E-state index is 0.00655. The van der Waals surface area contributed by atoms with Gasteiger partial charge in [-0.2, -0.15) is 13.2 Å². The molecule has 3 aromatic rings. The zero-order chi connectivity index (χ0) is 20.5. The first kappa shape index (κ1) is 19.4. The number of rotatable bonds is 4. The molecule has 0 unspecified atom stereocenters. The molecule has 0 bridgehead atoms. The largest absolute Gasteiger partial charge is 0.465 e. The molecule has 2 heterocycles. The lowest BCUT2D eigenvalue weighted by Crippen LogP contribution is -2.17. The smallest absolute Gasteiger partial charge is 0.417 e. The number of aryl methyl sites for hydroxylation is 1. The fraction of sp³-hybridized carbons (Fsp3) is 0.211. The van der Waals surface area contributed by atoms with Gasteiger partial charge in [-0.1, -0.05) is 13.0 Å². The Hall–Kier alpha value is -3.36. The number of ether oxygens (including phenoxy) is 1. The van der Waals surface area contributed by atoms with Crippen molar-refractivity contribution in [3.8, 4) is 0 Å². The van der Waals surface area contributed by atoms with Crippen molar-refractivity contribution < 1.29 is 27.5 Å². The summed E-state index contributed by atoms with van der Waals surface area (Å²) in [5.41, 5.74) is 0.249. The van der Waals surface area contributed by atoms with Gasteiger partial charge in [-0.3, -0.25) is 9.20 Å². The molecule has 2 aromatic heterocycles. The van der Waals surface area contributed by atoms with Gasteiger partial charge in [-0.15, -0.1) is 0 Å². The zero-order valence-electron chi connectivity index (χ0n) is 15.0. The highest BCUT2D eigenvalue weighted by Gasteiger charge is 2.31. The molecule has 146 valence electrons. The number of aromatic nitrogens is 2. The van der Waals surface area contributed by atoms with Crippen molar-refractivity contribution >= 4 is 23.2 Å². The van der Waals surface area contributed by atoms with Crippen LogP contribution in [-0.4, -0.2) is 28.4 Å². The van der Waals surface area contributed by atoms with Crippen LogP contribution in [0.5, 0.6) is 0 Å². The fourth-order valence-electron chi connectivity index (χ4n) is 2.78. The van der Waals surface area contributed by atoms with Crippen molar-refractivity contribution in [2.45, 2.75) is 19.5 Å². The first-order valence-electron chi connectivity index (χ1n) is 8.32. The van der Waals surface area contributed by atoms with Crippen LogP contribution in [0.1, 0.15) is 39.0 Å². The van der Waals surface area contributed by atoms with Gasteiger partial charge in [0, 0.05) is 11.9 Å². The van der Waals surface area contributed by atoms with Crippen molar-refractivity contribution in [2.75, 3.05) is 12.4 Å². The van der Waals surface area contributed by atoms with Crippen LogP contribution in [-0.2, 0) is 17.3 Å². The first-order valence-corrected chi connectivity index (χ1v) is 8.32. The van der Waals surface area contributed by atoms with Crippen LogP contribution in [0.2, 0.25) is 0 Å². The van der Waals surface area contributed by atoms with Crippen LogP contribution >= 0.6 is 0 Å². The summed E-state index contributed by atoms with van der Waals surface area (Å²) in [4.78, 5) is 28.7. The van der Waals surface area contributed by atoms with Gasteiger partial charge >= 0.3 is 12.1 Å². The molecule has 0 atom stereocenters. The number of nitrogens with zero attached hydrogens (tertiary/aromatic N) is 2. The minimum Gasteiger partial charge on any atom is -0.465 e. The Morgan fingerprint density at radius 3 is 2.61 bits per heavy atom. The van der Waals surface area contributed by atoms with E-state index in [4.69, 9.17) is 0 Å². The lowest BCUT2D eigenvalue weighted by atomic mass is 10.2. The number of imidazole rings is 1. The number of alkyl halides is 3. The first-order chi connectivity index (χ1) is 13.2. The number of carbonyl (C=O) groups is 2. The quantitative estimate of drug-likeness (QED) is 0.684. The molecule has 1 amide bonds. The molecule has 0 radical (unpaired) electrons. The Labute approximate surface area is 157 Å². The van der Waals surface area contributed by atoms with Crippen LogP contribution in [0, 0.1) is 0 Å². The SMILES string of the molecule is CCc1nc2ccc(C(F)(F)F)cn2c1C(=O)Nc1cccc(C(=O)OC)c1. The van der Waals surface area contributed by atoms with Crippen LogP contribution in [0.3, 0.4) is 0 Å². The van der Waals surface area contributed by atoms with Crippen molar-refractivity contribution in [2.24, 2.45) is 0 Å². The number of methoxy groups -OCH3 is 1. The van der Waals surface area contributed by atoms with Gasteiger partial charge in [0.25, 0.3) is 5.91 Å². The number of esters is 1. The number of fused-ring (bicyclic) bond motifs is 1. The average molecular weight is 391 g/mol. The predicted molar refractivity (Wildman–Crippen MR) is 95.3 cm³/mol. The van der Waals surface area contributed by atoms with Crippen molar-refractivity contribution in [3.05, 3.63) is 65.1 Å². The lowest BCUT2D eigenvalue weighted by molar-refractivity contribution is -0.137. The highest BCUT2D eigenvalue weighted by molar-refractivity contribution is 6.05. The van der Waals surface area contributed by atoms with E-state index >= 15 is 0 Å². The number of hydrogen-bond acceptors (Lipinski definition) is 4. The van der Waals surface area contributed by atoms with Gasteiger partial charge in [0.2, 0.25) is 0 Å². The predicted octanol–water partition coefficient (Wildman–Crippen LogP) is 3.95. The van der Waals surface area contributed by atoms with Gasteiger partial charge in [-0.05, 0) is 36.8 Å². The summed E-state index contributed by atoms with van der Waals surface area (Å²) in [7, 11) is 1.23. The summed E-state index contributed by atoms with van der Waals surface area (Å²) >= 11 is 0. The second kappa shape index (κ2) is 7.34. The Morgan fingerprint density at radius 1 is 1.21 bits per heavy atom. The molecule has 6 nitrogen and oxygen atoms in total. The molecule has 0 aliphatic heterocycles. The highest BCUT2D eigenvalue weighted by Crippen LogP contribution is 2.30. The molecular formula is C19H16F3N3O3. The molecular weight excluding hydrogens is 375 g/mol. The van der Waals surface area contributed by atoms with E-state index in [9.17, 15) is 22.8 Å². The van der Waals surface area contributed by atoms with E-state index in [1.807, 2.05) is 0 Å². The average Bonchev–Trinajstić information content (AvgIpc) is 3.04. The van der Waals surface area contributed by atoms with E-state index in [0.717, 1.165) is 16.7 Å². The number of pyridine rings is 1. The van der Waals surface area contributed by atoms with Crippen LogP contribution < -0.4 is 5.32 Å². The maximum atomic E-state index is 13.1. The van der Waals surface area contributed by atoms with E-state index in [0.29, 0.717) is 17.8 Å². The Kier molecular flexibility index (Phi) is 5.08. The lowest BCUT2D eigenvalue weighted by Gasteiger charge is -2.10. The Balaban J connectivity index is 2.02. The number of amides is 1. The highest BCUT2D eigenvalue weighted by atomic mass is 19.4. The molecule has 0 saturated carbocycles. The van der Waals surface area contributed by atoms with Gasteiger partial charge in [0.15, 0.2) is 0 Å². The van der Waals surface area contributed by atoms with Crippen LogP contribution in [0.25, 0.3) is 5.65 Å². The zero-order valence-corrected chi connectivity index (χ0v) is 15.0. The Morgan fingerprint density at radius 2 is 1.96 bits per heavy atom. The van der Waals surface area contributed by atoms with Gasteiger partial charge in [0.1, 0.15) is 11.3 Å². The monoisotopic (exact) mass is 391 g/mol. The van der Waals surface area contributed by atoms with Crippen LogP contribution in [0.15, 0.2) is 42.6 Å². The molecule has 0 spiro atoms. The maximum Gasteiger partial charge on any atom is 0.417 e. The molecule has 3 rings (SSSR count). The number of benzene rings is 1. The van der Waals surface area contributed by atoms with E-state index < -0.39 is 23.6 Å². The molecule has 1 aromatic carbocycles. The summed E-state index contributed by atoms with van der Waals surface area (Å²) in [6.45, 7) is 1.75. The van der Waals surface area contributed by atoms with Crippen LogP contribution in [0.4, 0.5) is 18.9 Å². The second-order valence-electron chi connectivity index (χ2n) is 5.93. The molecule has 1 N–H and O–H groups in total. The van der Waals surface area contributed by atoms with Crippen molar-refractivity contribution in [1.82, 2.24) is 9.38 Å². The van der Waals surface area contributed by atoms with Gasteiger partial charge in [-0.25, -0.2) is 9.78 Å². The third-order valence-electron chi connectivity index (χ3n) is 4.11. The topological polar surface area (TPSA) is 72.7 Å². The summed E-state index contributed by atoms with van der Waals surface area (Å²) in [6.07, 6.45) is -3.34. The molecule has 0 saturated heterocycles. The van der Waals surface area contributed by atoms with E-state index in [1.54, 1.807) is 19.1 Å². The van der Waals surface area contributed by atoms with Crippen molar-refractivity contribution in [1.29, 1.82) is 0 Å². The summed E-state index contributed by atoms with van der Waals surface area (Å²) in [6, 6.07) is 8.18. The fourth-order valence-corrected chi connectivity index (χ4v) is 2.78. The van der Waals surface area contributed by atoms with Crippen molar-refractivity contribution in [3.63, 3.8) is 0 Å². The normalized spacial score (nSPS) is 11.5. The molecule has 0 fully saturated rings. The Bertz CT molecular complexity index is 1060. The molecule has 0 aliphatic carbocycles. The van der Waals surface area contributed by atoms with Gasteiger partial charge < -0.3 is 10.1 Å². The minimum atomic E-state index is -4.55. The number of anilines is 1. The van der Waals surface area contributed by atoms with E-state index in [2.05, 4.69) is 15.0 Å². The number of hydrogen-bond donors (Lipinski definition) is 1. The molecule has 28 heavy (non-hydrogen) atoms. The maximum absolute atomic E-state index is 13.1. The third kappa shape index (κ3) is 3.68. The summed E-state index contributed by atoms with van der Waals surface area (Å²) in [5, 5.41) is 2.60. The second-order valence-corrected chi connectivity index (χ2v) is 5.93. The van der Waals surface area contributed by atoms with E-state index in [1.165, 1.54) is 25.3 Å². The standard InChI is InChI=1S/C19H16F3N3O3/c1-3-14-16(25-10-12(19(20,21)22)7-8-15(25)24-14)17(26)23-13-6-4-5-11(9-13)18(27)28-2/h4-10H,3H2,1-2H3,(H,23,26). The molecule has 9 heteroatoms. The summed E-state index contributed by atoms with van der Waals surface area (Å²) in [5.74, 6) is -1.21. The van der Waals surface area contributed by atoms with Gasteiger partial charge in [0.05, 0.1) is 23.9 Å². The number of carbonyl (C=O) groups excluding carboxylic acids is 2. The third-order valence-corrected chi connectivity index (χ3v) is 4.11. The number of nitrogens with one attached hydrogen (secondary N) is 1.